The number of nitrogens with zero attached hydrogens (tertiary/aromatic N) is 1. The molecule has 3 aromatic rings. The third kappa shape index (κ3) is 5.42. The van der Waals surface area contributed by atoms with Crippen molar-refractivity contribution in [2.75, 3.05) is 19.0 Å². The van der Waals surface area contributed by atoms with Crippen LogP contribution in [0.15, 0.2) is 67.0 Å². The van der Waals surface area contributed by atoms with Crippen molar-refractivity contribution < 1.29 is 28.9 Å². The molecule has 9 nitrogen and oxygen atoms in total. The zero-order valence-electron chi connectivity index (χ0n) is 20.4. The molecule has 0 bridgehead atoms. The summed E-state index contributed by atoms with van der Waals surface area (Å²) in [5.74, 6) is 0.919. The number of fused-ring (bicyclic) bond motifs is 3. The molecule has 2 amide bonds. The highest BCUT2D eigenvalue weighted by Gasteiger charge is 2.46. The minimum Gasteiger partial charge on any atom is -0.496 e. The van der Waals surface area contributed by atoms with Crippen molar-refractivity contribution in [3.8, 4) is 11.5 Å². The fourth-order valence-electron chi connectivity index (χ4n) is 4.99. The van der Waals surface area contributed by atoms with Crippen LogP contribution in [0.4, 0.5) is 5.69 Å². The van der Waals surface area contributed by atoms with Gasteiger partial charge in [-0.3, -0.25) is 14.6 Å². The first kappa shape index (κ1) is 24.7. The molecule has 2 aromatic carbocycles. The number of carbonyl (C=O) groups excluding carboxylic acids is 2. The Balaban J connectivity index is 1.26. The van der Waals surface area contributed by atoms with Crippen molar-refractivity contribution in [2.45, 2.75) is 43.6 Å². The third-order valence-electron chi connectivity index (χ3n) is 6.76. The SMILES string of the molecule is COc1ccccc1CNC(=O)C[C@@H]1C[C@H]2c3cc(NC(=O)c4cccnc4)ccc3O[C@H]2[C@H](CO)O1. The summed E-state index contributed by atoms with van der Waals surface area (Å²) in [6.45, 7) is 0.121. The third-order valence-corrected chi connectivity index (χ3v) is 6.76. The van der Waals surface area contributed by atoms with Gasteiger partial charge in [-0.05, 0) is 42.8 Å². The van der Waals surface area contributed by atoms with E-state index in [2.05, 4.69) is 15.6 Å². The van der Waals surface area contributed by atoms with Crippen LogP contribution in [0.25, 0.3) is 0 Å². The lowest BCUT2D eigenvalue weighted by atomic mass is 9.84. The highest BCUT2D eigenvalue weighted by atomic mass is 16.6. The number of rotatable bonds is 8. The average Bonchev–Trinajstić information content (AvgIpc) is 3.30. The van der Waals surface area contributed by atoms with Gasteiger partial charge in [0.15, 0.2) is 0 Å². The molecule has 3 N–H and O–H groups in total. The van der Waals surface area contributed by atoms with Crippen LogP contribution >= 0.6 is 0 Å². The van der Waals surface area contributed by atoms with Crippen LogP contribution in [0.2, 0.25) is 0 Å². The molecule has 0 radical (unpaired) electrons. The van der Waals surface area contributed by atoms with Crippen LogP contribution in [-0.4, -0.2) is 53.9 Å². The van der Waals surface area contributed by atoms with Gasteiger partial charge in [-0.25, -0.2) is 0 Å². The summed E-state index contributed by atoms with van der Waals surface area (Å²) in [4.78, 5) is 29.3. The number of methoxy groups -OCH3 is 1. The maximum Gasteiger partial charge on any atom is 0.257 e. The zero-order chi connectivity index (χ0) is 25.8. The fourth-order valence-corrected chi connectivity index (χ4v) is 4.99. The van der Waals surface area contributed by atoms with E-state index in [-0.39, 0.29) is 43.0 Å². The number of amides is 2. The second-order valence-electron chi connectivity index (χ2n) is 9.14. The Morgan fingerprint density at radius 2 is 2.03 bits per heavy atom. The molecule has 0 saturated carbocycles. The van der Waals surface area contributed by atoms with E-state index in [9.17, 15) is 14.7 Å². The molecule has 9 heteroatoms. The average molecular weight is 504 g/mol. The number of anilines is 1. The highest BCUT2D eigenvalue weighted by Crippen LogP contribution is 2.47. The van der Waals surface area contributed by atoms with E-state index >= 15 is 0 Å². The van der Waals surface area contributed by atoms with Crippen LogP contribution in [0.5, 0.6) is 11.5 Å². The van der Waals surface area contributed by atoms with Crippen LogP contribution < -0.4 is 20.1 Å². The number of benzene rings is 2. The Labute approximate surface area is 214 Å². The lowest BCUT2D eigenvalue weighted by molar-refractivity contribution is -0.142. The van der Waals surface area contributed by atoms with E-state index in [1.807, 2.05) is 36.4 Å². The molecule has 192 valence electrons. The molecular formula is C28H29N3O6. The number of carbonyl (C=O) groups is 2. The van der Waals surface area contributed by atoms with Crippen molar-refractivity contribution in [1.29, 1.82) is 0 Å². The minimum atomic E-state index is -0.563. The minimum absolute atomic E-state index is 0.0804. The smallest absolute Gasteiger partial charge is 0.257 e. The van der Waals surface area contributed by atoms with Crippen LogP contribution in [-0.2, 0) is 16.1 Å². The molecule has 1 aromatic heterocycles. The molecule has 2 aliphatic rings. The van der Waals surface area contributed by atoms with Gasteiger partial charge in [-0.1, -0.05) is 18.2 Å². The Hall–Kier alpha value is -3.95. The number of hydrogen-bond acceptors (Lipinski definition) is 7. The largest absolute Gasteiger partial charge is 0.496 e. The quantitative estimate of drug-likeness (QED) is 0.432. The van der Waals surface area contributed by atoms with Crippen LogP contribution in [0, 0.1) is 0 Å². The van der Waals surface area contributed by atoms with Gasteiger partial charge in [0.25, 0.3) is 5.91 Å². The maximum atomic E-state index is 12.7. The zero-order valence-corrected chi connectivity index (χ0v) is 20.4. The Morgan fingerprint density at radius 3 is 2.81 bits per heavy atom. The second kappa shape index (κ2) is 11.0. The first-order valence-corrected chi connectivity index (χ1v) is 12.2. The first-order chi connectivity index (χ1) is 18.1. The first-order valence-electron chi connectivity index (χ1n) is 12.2. The maximum absolute atomic E-state index is 12.7. The van der Waals surface area contributed by atoms with Gasteiger partial charge in [0.05, 0.1) is 31.8 Å². The van der Waals surface area contributed by atoms with E-state index in [0.717, 1.165) is 11.1 Å². The molecule has 37 heavy (non-hydrogen) atoms. The van der Waals surface area contributed by atoms with Crippen molar-refractivity contribution in [3.05, 3.63) is 83.7 Å². The topological polar surface area (TPSA) is 119 Å². The van der Waals surface area contributed by atoms with Crippen molar-refractivity contribution in [1.82, 2.24) is 10.3 Å². The summed E-state index contributed by atoms with van der Waals surface area (Å²) in [6, 6.07) is 16.4. The highest BCUT2D eigenvalue weighted by molar-refractivity contribution is 6.04. The van der Waals surface area contributed by atoms with Gasteiger partial charge in [0.1, 0.15) is 23.7 Å². The predicted molar refractivity (Wildman–Crippen MR) is 136 cm³/mol. The van der Waals surface area contributed by atoms with Crippen LogP contribution in [0.3, 0.4) is 0 Å². The summed E-state index contributed by atoms with van der Waals surface area (Å²) in [5.41, 5.74) is 2.91. The predicted octanol–water partition coefficient (Wildman–Crippen LogP) is 3.04. The van der Waals surface area contributed by atoms with Crippen molar-refractivity contribution in [2.24, 2.45) is 0 Å². The molecule has 5 rings (SSSR count). The summed E-state index contributed by atoms with van der Waals surface area (Å²) >= 11 is 0. The molecule has 4 atom stereocenters. The van der Waals surface area contributed by atoms with E-state index in [1.165, 1.54) is 6.20 Å². The molecule has 3 heterocycles. The van der Waals surface area contributed by atoms with Crippen LogP contribution in [0.1, 0.15) is 40.2 Å². The standard InChI is InChI=1S/C28H29N3O6/c1-35-23-7-3-2-5-17(23)15-30-26(33)13-20-12-22-21-11-19(31-28(34)18-6-4-10-29-14-18)8-9-24(21)37-27(22)25(16-32)36-20/h2-11,14,20,22,25,27,32H,12-13,15-16H2,1H3,(H,30,33)(H,31,34)/t20-,22-,25-,27+/m0/s1. The Morgan fingerprint density at radius 1 is 1.16 bits per heavy atom. The van der Waals surface area contributed by atoms with E-state index in [0.29, 0.717) is 35.7 Å². The van der Waals surface area contributed by atoms with Gasteiger partial charge in [-0.2, -0.15) is 0 Å². The monoisotopic (exact) mass is 503 g/mol. The van der Waals surface area contributed by atoms with E-state index < -0.39 is 6.10 Å². The van der Waals surface area contributed by atoms with Gasteiger partial charge in [0.2, 0.25) is 5.91 Å². The molecule has 1 saturated heterocycles. The molecule has 2 aliphatic heterocycles. The number of pyridine rings is 1. The molecule has 1 fully saturated rings. The van der Waals surface area contributed by atoms with Crippen molar-refractivity contribution in [3.63, 3.8) is 0 Å². The number of para-hydroxylation sites is 1. The molecular weight excluding hydrogens is 474 g/mol. The van der Waals surface area contributed by atoms with Crippen molar-refractivity contribution >= 4 is 17.5 Å². The fraction of sp³-hybridized carbons (Fsp3) is 0.321. The normalized spacial score (nSPS) is 21.8. The second-order valence-corrected chi connectivity index (χ2v) is 9.14. The number of aliphatic hydroxyl groups excluding tert-OH is 1. The molecule has 0 unspecified atom stereocenters. The lowest BCUT2D eigenvalue weighted by Gasteiger charge is -2.37. The number of ether oxygens (including phenoxy) is 3. The van der Waals surface area contributed by atoms with Gasteiger partial charge >= 0.3 is 0 Å². The lowest BCUT2D eigenvalue weighted by Crippen LogP contribution is -2.47. The molecule has 0 aliphatic carbocycles. The number of aromatic nitrogens is 1. The Kier molecular flexibility index (Phi) is 7.34. The summed E-state index contributed by atoms with van der Waals surface area (Å²) < 4.78 is 17.5. The van der Waals surface area contributed by atoms with Gasteiger partial charge in [-0.15, -0.1) is 0 Å². The number of hydrogen-bond donors (Lipinski definition) is 3. The van der Waals surface area contributed by atoms with E-state index in [1.54, 1.807) is 31.5 Å². The summed E-state index contributed by atoms with van der Waals surface area (Å²) in [7, 11) is 1.60. The van der Waals surface area contributed by atoms with Gasteiger partial charge in [0, 0.05) is 41.7 Å². The summed E-state index contributed by atoms with van der Waals surface area (Å²) in [6.07, 6.45) is 2.51. The number of nitrogens with one attached hydrogen (secondary N) is 2. The summed E-state index contributed by atoms with van der Waals surface area (Å²) in [5, 5.41) is 15.8. The molecule has 0 spiro atoms. The van der Waals surface area contributed by atoms with E-state index in [4.69, 9.17) is 14.2 Å². The Bertz CT molecular complexity index is 1270. The number of aliphatic hydroxyl groups is 1. The van der Waals surface area contributed by atoms with Gasteiger partial charge < -0.3 is 30.0 Å².